The summed E-state index contributed by atoms with van der Waals surface area (Å²) < 4.78 is 5.02. The second-order valence-corrected chi connectivity index (χ2v) is 5.20. The van der Waals surface area contributed by atoms with E-state index >= 15 is 0 Å². The lowest BCUT2D eigenvalue weighted by Crippen LogP contribution is -2.21. The number of halogens is 1. The molecule has 0 unspecified atom stereocenters. The minimum atomic E-state index is -0.389. The van der Waals surface area contributed by atoms with E-state index in [1.54, 1.807) is 37.3 Å². The van der Waals surface area contributed by atoms with Gasteiger partial charge in [0.05, 0.1) is 17.9 Å². The zero-order valence-electron chi connectivity index (χ0n) is 11.9. The van der Waals surface area contributed by atoms with Crippen LogP contribution < -0.4 is 10.6 Å². The number of nitrogens with one attached hydrogen (secondary N) is 2. The molecule has 2 N–H and O–H groups in total. The third kappa shape index (κ3) is 4.44. The molecule has 0 radical (unpaired) electrons. The molecule has 0 aromatic heterocycles. The number of rotatable bonds is 4. The molecule has 0 aliphatic rings. The van der Waals surface area contributed by atoms with Crippen LogP contribution in [0.2, 0.25) is 5.02 Å². The van der Waals surface area contributed by atoms with E-state index in [0.717, 1.165) is 5.69 Å². The molecule has 6 heteroatoms. The van der Waals surface area contributed by atoms with Crippen molar-refractivity contribution in [3.8, 4) is 0 Å². The van der Waals surface area contributed by atoms with Crippen molar-refractivity contribution in [3.05, 3.63) is 59.1 Å². The summed E-state index contributed by atoms with van der Waals surface area (Å²) >= 11 is 11.1. The highest BCUT2D eigenvalue weighted by atomic mass is 35.5. The number of hydrogen-bond acceptors (Lipinski definition) is 3. The lowest BCUT2D eigenvalue weighted by atomic mass is 10.2. The van der Waals surface area contributed by atoms with Crippen molar-refractivity contribution in [1.82, 2.24) is 0 Å². The SMILES string of the molecule is CCOC(=O)c1ccccc1NC(=S)Nc1ccc(Cl)cc1. The van der Waals surface area contributed by atoms with Gasteiger partial charge in [0.2, 0.25) is 0 Å². The summed E-state index contributed by atoms with van der Waals surface area (Å²) in [5.41, 5.74) is 1.83. The van der Waals surface area contributed by atoms with Crippen molar-refractivity contribution >= 4 is 46.3 Å². The zero-order chi connectivity index (χ0) is 15.9. The van der Waals surface area contributed by atoms with Gasteiger partial charge in [0, 0.05) is 10.7 Å². The number of para-hydroxylation sites is 1. The first-order chi connectivity index (χ1) is 10.6. The number of anilines is 2. The number of carbonyl (C=O) groups excluding carboxylic acids is 1. The molecule has 2 rings (SSSR count). The Morgan fingerprint density at radius 1 is 1.14 bits per heavy atom. The van der Waals surface area contributed by atoms with E-state index in [2.05, 4.69) is 10.6 Å². The summed E-state index contributed by atoms with van der Waals surface area (Å²) in [6, 6.07) is 14.2. The smallest absolute Gasteiger partial charge is 0.340 e. The first kappa shape index (κ1) is 16.3. The molecule has 2 aromatic rings. The van der Waals surface area contributed by atoms with E-state index < -0.39 is 0 Å². The fraction of sp³-hybridized carbons (Fsp3) is 0.125. The molecule has 2 aromatic carbocycles. The normalized spacial score (nSPS) is 9.91. The van der Waals surface area contributed by atoms with Gasteiger partial charge in [-0.1, -0.05) is 23.7 Å². The fourth-order valence-electron chi connectivity index (χ4n) is 1.80. The summed E-state index contributed by atoms with van der Waals surface area (Å²) in [5.74, 6) is -0.389. The third-order valence-electron chi connectivity index (χ3n) is 2.77. The molecule has 22 heavy (non-hydrogen) atoms. The monoisotopic (exact) mass is 334 g/mol. The fourth-order valence-corrected chi connectivity index (χ4v) is 2.15. The molecular formula is C16H15ClN2O2S. The number of esters is 1. The second-order valence-electron chi connectivity index (χ2n) is 4.35. The molecule has 0 heterocycles. The Hall–Kier alpha value is -2.11. The Balaban J connectivity index is 2.08. The van der Waals surface area contributed by atoms with Crippen molar-refractivity contribution < 1.29 is 9.53 Å². The topological polar surface area (TPSA) is 50.4 Å². The molecule has 114 valence electrons. The highest BCUT2D eigenvalue weighted by Gasteiger charge is 2.12. The molecule has 0 amide bonds. The Labute approximate surface area is 139 Å². The average molecular weight is 335 g/mol. The van der Waals surface area contributed by atoms with Gasteiger partial charge in [-0.05, 0) is 55.5 Å². The maximum absolute atomic E-state index is 11.9. The van der Waals surface area contributed by atoms with E-state index in [1.165, 1.54) is 0 Å². The third-order valence-corrected chi connectivity index (χ3v) is 3.23. The van der Waals surface area contributed by atoms with Crippen LogP contribution in [0.25, 0.3) is 0 Å². The Kier molecular flexibility index (Phi) is 5.75. The molecule has 0 spiro atoms. The van der Waals surface area contributed by atoms with Crippen molar-refractivity contribution in [2.75, 3.05) is 17.2 Å². The number of ether oxygens (including phenoxy) is 1. The molecule has 0 saturated carbocycles. The quantitative estimate of drug-likeness (QED) is 0.644. The maximum atomic E-state index is 11.9. The summed E-state index contributed by atoms with van der Waals surface area (Å²) in [7, 11) is 0. The second kappa shape index (κ2) is 7.77. The standard InChI is InChI=1S/C16H15ClN2O2S/c1-2-21-15(20)13-5-3-4-6-14(13)19-16(22)18-12-9-7-11(17)8-10-12/h3-10H,2H2,1H3,(H2,18,19,22). The molecule has 0 bridgehead atoms. The predicted molar refractivity (Wildman–Crippen MR) is 93.7 cm³/mol. The Bertz CT molecular complexity index is 674. The molecule has 0 fully saturated rings. The van der Waals surface area contributed by atoms with Crippen LogP contribution in [-0.4, -0.2) is 17.7 Å². The Morgan fingerprint density at radius 3 is 2.50 bits per heavy atom. The first-order valence-corrected chi connectivity index (χ1v) is 7.48. The van der Waals surface area contributed by atoms with Crippen LogP contribution >= 0.6 is 23.8 Å². The van der Waals surface area contributed by atoms with Gasteiger partial charge in [0.15, 0.2) is 5.11 Å². The average Bonchev–Trinajstić information content (AvgIpc) is 2.50. The van der Waals surface area contributed by atoms with Gasteiger partial charge in [0.1, 0.15) is 0 Å². The van der Waals surface area contributed by atoms with Gasteiger partial charge >= 0.3 is 5.97 Å². The number of benzene rings is 2. The van der Waals surface area contributed by atoms with Crippen molar-refractivity contribution in [1.29, 1.82) is 0 Å². The van der Waals surface area contributed by atoms with Crippen LogP contribution in [0.4, 0.5) is 11.4 Å². The van der Waals surface area contributed by atoms with Gasteiger partial charge < -0.3 is 15.4 Å². The van der Waals surface area contributed by atoms with Crippen molar-refractivity contribution in [3.63, 3.8) is 0 Å². The van der Waals surface area contributed by atoms with Crippen LogP contribution in [0.5, 0.6) is 0 Å². The summed E-state index contributed by atoms with van der Waals surface area (Å²) in [6.45, 7) is 2.08. The van der Waals surface area contributed by atoms with Gasteiger partial charge in [-0.3, -0.25) is 0 Å². The molecule has 4 nitrogen and oxygen atoms in total. The predicted octanol–water partition coefficient (Wildman–Crippen LogP) is 4.33. The van der Waals surface area contributed by atoms with Crippen LogP contribution in [0.3, 0.4) is 0 Å². The summed E-state index contributed by atoms with van der Waals surface area (Å²) in [5, 5.41) is 7.05. The van der Waals surface area contributed by atoms with E-state index in [0.29, 0.717) is 28.0 Å². The van der Waals surface area contributed by atoms with E-state index in [-0.39, 0.29) is 5.97 Å². The van der Waals surface area contributed by atoms with E-state index in [1.807, 2.05) is 18.2 Å². The summed E-state index contributed by atoms with van der Waals surface area (Å²) in [6.07, 6.45) is 0. The minimum Gasteiger partial charge on any atom is -0.462 e. The summed E-state index contributed by atoms with van der Waals surface area (Å²) in [4.78, 5) is 11.9. The minimum absolute atomic E-state index is 0.320. The molecule has 0 atom stereocenters. The van der Waals surface area contributed by atoms with Gasteiger partial charge in [0.25, 0.3) is 0 Å². The van der Waals surface area contributed by atoms with Crippen LogP contribution in [0, 0.1) is 0 Å². The molecule has 0 saturated heterocycles. The first-order valence-electron chi connectivity index (χ1n) is 6.70. The van der Waals surface area contributed by atoms with Crippen molar-refractivity contribution in [2.24, 2.45) is 0 Å². The van der Waals surface area contributed by atoms with Gasteiger partial charge in [-0.15, -0.1) is 0 Å². The zero-order valence-corrected chi connectivity index (χ0v) is 13.5. The molecule has 0 aliphatic carbocycles. The maximum Gasteiger partial charge on any atom is 0.340 e. The lowest BCUT2D eigenvalue weighted by molar-refractivity contribution is 0.0527. The highest BCUT2D eigenvalue weighted by molar-refractivity contribution is 7.80. The largest absolute Gasteiger partial charge is 0.462 e. The van der Waals surface area contributed by atoms with E-state index in [4.69, 9.17) is 28.6 Å². The van der Waals surface area contributed by atoms with E-state index in [9.17, 15) is 4.79 Å². The van der Waals surface area contributed by atoms with Crippen LogP contribution in [0.15, 0.2) is 48.5 Å². The van der Waals surface area contributed by atoms with Crippen molar-refractivity contribution in [2.45, 2.75) is 6.92 Å². The van der Waals surface area contributed by atoms with Gasteiger partial charge in [-0.25, -0.2) is 4.79 Å². The molecular weight excluding hydrogens is 320 g/mol. The number of carbonyl (C=O) groups is 1. The highest BCUT2D eigenvalue weighted by Crippen LogP contribution is 2.18. The number of thiocarbonyl (C=S) groups is 1. The Morgan fingerprint density at radius 2 is 1.82 bits per heavy atom. The van der Waals surface area contributed by atoms with Crippen LogP contribution in [-0.2, 0) is 4.74 Å². The lowest BCUT2D eigenvalue weighted by Gasteiger charge is -2.13. The van der Waals surface area contributed by atoms with Gasteiger partial charge in [-0.2, -0.15) is 0 Å². The number of hydrogen-bond donors (Lipinski definition) is 2. The van der Waals surface area contributed by atoms with Crippen LogP contribution in [0.1, 0.15) is 17.3 Å². The molecule has 0 aliphatic heterocycles.